The van der Waals surface area contributed by atoms with Crippen molar-refractivity contribution >= 4 is 22.5 Å². The molecule has 1 aromatic carbocycles. The zero-order chi connectivity index (χ0) is 18.8. The Morgan fingerprint density at radius 2 is 2.07 bits per heavy atom. The molecule has 0 amide bonds. The van der Waals surface area contributed by atoms with E-state index in [-0.39, 0.29) is 17.7 Å². The van der Waals surface area contributed by atoms with Gasteiger partial charge < -0.3 is 10.6 Å². The van der Waals surface area contributed by atoms with Crippen LogP contribution in [0.25, 0.3) is 22.2 Å². The van der Waals surface area contributed by atoms with Gasteiger partial charge in [-0.15, -0.1) is 0 Å². The van der Waals surface area contributed by atoms with Crippen molar-refractivity contribution in [2.75, 3.05) is 18.4 Å². The van der Waals surface area contributed by atoms with Crippen LogP contribution in [-0.2, 0) is 11.2 Å². The van der Waals surface area contributed by atoms with E-state index in [1.165, 1.54) is 0 Å². The molecule has 1 aliphatic rings. The quantitative estimate of drug-likeness (QED) is 0.694. The van der Waals surface area contributed by atoms with E-state index in [1.807, 2.05) is 24.3 Å². The van der Waals surface area contributed by atoms with E-state index in [0.29, 0.717) is 12.1 Å². The number of anilines is 1. The third kappa shape index (κ3) is 3.93. The van der Waals surface area contributed by atoms with Gasteiger partial charge in [-0.1, -0.05) is 6.07 Å². The molecule has 0 spiro atoms. The van der Waals surface area contributed by atoms with Crippen LogP contribution in [0.2, 0.25) is 0 Å². The third-order valence-electron chi connectivity index (χ3n) is 4.59. The van der Waals surface area contributed by atoms with Gasteiger partial charge in [-0.3, -0.25) is 9.78 Å². The van der Waals surface area contributed by atoms with Crippen molar-refractivity contribution in [3.8, 4) is 11.3 Å². The number of hydrogen-bond acceptors (Lipinski definition) is 7. The van der Waals surface area contributed by atoms with Crippen molar-refractivity contribution in [2.45, 2.75) is 26.3 Å². The molecule has 1 aliphatic heterocycles. The van der Waals surface area contributed by atoms with E-state index in [2.05, 4.69) is 44.6 Å². The van der Waals surface area contributed by atoms with Crippen molar-refractivity contribution in [1.82, 2.24) is 25.5 Å². The van der Waals surface area contributed by atoms with Crippen LogP contribution < -0.4 is 10.6 Å². The van der Waals surface area contributed by atoms with Crippen LogP contribution in [0.4, 0.5) is 5.82 Å². The van der Waals surface area contributed by atoms with Gasteiger partial charge in [-0.05, 0) is 32.0 Å². The van der Waals surface area contributed by atoms with Crippen LogP contribution in [0.1, 0.15) is 19.5 Å². The highest BCUT2D eigenvalue weighted by atomic mass is 16.1. The molecule has 2 N–H and O–H groups in total. The van der Waals surface area contributed by atoms with Gasteiger partial charge in [-0.25, -0.2) is 4.98 Å². The van der Waals surface area contributed by atoms with Gasteiger partial charge in [0.15, 0.2) is 0 Å². The number of fused-ring (bicyclic) bond motifs is 1. The van der Waals surface area contributed by atoms with Crippen LogP contribution in [-0.4, -0.2) is 45.1 Å². The molecule has 1 saturated heterocycles. The maximum atomic E-state index is 12.2. The molecule has 3 aromatic rings. The van der Waals surface area contributed by atoms with Crippen molar-refractivity contribution in [2.24, 2.45) is 5.92 Å². The first-order valence-electron chi connectivity index (χ1n) is 9.17. The highest BCUT2D eigenvalue weighted by molar-refractivity contribution is 5.87. The maximum Gasteiger partial charge on any atom is 0.145 e. The predicted octanol–water partition coefficient (Wildman–Crippen LogP) is 2.24. The normalized spacial score (nSPS) is 14.3. The number of nitrogens with zero attached hydrogens (tertiary/aromatic N) is 4. The van der Waals surface area contributed by atoms with Crippen LogP contribution >= 0.6 is 0 Å². The SMILES string of the molecule is CC(C)Nc1cncc(-c2ccc3nnc(CC(=O)C4CNC4)cc3c2)n1. The van der Waals surface area contributed by atoms with Crippen molar-refractivity contribution in [3.63, 3.8) is 0 Å². The number of nitrogens with one attached hydrogen (secondary N) is 2. The summed E-state index contributed by atoms with van der Waals surface area (Å²) in [6.45, 7) is 5.66. The van der Waals surface area contributed by atoms with Crippen molar-refractivity contribution < 1.29 is 4.79 Å². The number of Topliss-reactive ketones (excluding diaryl/α,β-unsaturated/α-hetero) is 1. The molecule has 0 atom stereocenters. The summed E-state index contributed by atoms with van der Waals surface area (Å²) in [4.78, 5) is 21.1. The first-order chi connectivity index (χ1) is 13.1. The summed E-state index contributed by atoms with van der Waals surface area (Å²) in [5, 5.41) is 15.8. The molecule has 27 heavy (non-hydrogen) atoms. The van der Waals surface area contributed by atoms with Crippen LogP contribution in [0.3, 0.4) is 0 Å². The number of hydrogen-bond donors (Lipinski definition) is 2. The van der Waals surface area contributed by atoms with Gasteiger partial charge in [0.2, 0.25) is 0 Å². The Labute approximate surface area is 157 Å². The summed E-state index contributed by atoms with van der Waals surface area (Å²) in [6, 6.07) is 8.13. The lowest BCUT2D eigenvalue weighted by atomic mass is 9.94. The fourth-order valence-corrected chi connectivity index (χ4v) is 3.04. The maximum absolute atomic E-state index is 12.2. The molecule has 2 aromatic heterocycles. The molecule has 0 bridgehead atoms. The number of aromatic nitrogens is 4. The molecule has 7 heteroatoms. The van der Waals surface area contributed by atoms with E-state index in [1.54, 1.807) is 12.4 Å². The van der Waals surface area contributed by atoms with E-state index < -0.39 is 0 Å². The molecule has 0 saturated carbocycles. The Morgan fingerprint density at radius 3 is 2.81 bits per heavy atom. The smallest absolute Gasteiger partial charge is 0.145 e. The Balaban J connectivity index is 1.61. The standard InChI is InChI=1S/C20H22N6O/c1-12(2)23-20-11-22-10-18(24-20)13-3-4-17-14(5-13)6-16(25-26-17)7-19(27)15-8-21-9-15/h3-6,10-12,15,21H,7-9H2,1-2H3,(H,23,24). The molecule has 4 rings (SSSR count). The Morgan fingerprint density at radius 1 is 1.22 bits per heavy atom. The van der Waals surface area contributed by atoms with E-state index in [4.69, 9.17) is 0 Å². The molecule has 0 unspecified atom stereocenters. The first kappa shape index (κ1) is 17.5. The first-order valence-corrected chi connectivity index (χ1v) is 9.17. The van der Waals surface area contributed by atoms with Gasteiger partial charge in [0, 0.05) is 36.0 Å². The van der Waals surface area contributed by atoms with Crippen LogP contribution in [0.15, 0.2) is 36.7 Å². The second-order valence-corrected chi connectivity index (χ2v) is 7.20. The third-order valence-corrected chi connectivity index (χ3v) is 4.59. The molecule has 1 fully saturated rings. The Kier molecular flexibility index (Phi) is 4.77. The second kappa shape index (κ2) is 7.36. The van der Waals surface area contributed by atoms with Gasteiger partial charge in [0.05, 0.1) is 35.7 Å². The Hall–Kier alpha value is -2.93. The molecule has 3 heterocycles. The monoisotopic (exact) mass is 362 g/mol. The summed E-state index contributed by atoms with van der Waals surface area (Å²) in [7, 11) is 0. The molecule has 138 valence electrons. The lowest BCUT2D eigenvalue weighted by Gasteiger charge is -2.25. The average molecular weight is 362 g/mol. The minimum Gasteiger partial charge on any atom is -0.367 e. The van der Waals surface area contributed by atoms with Crippen molar-refractivity contribution in [1.29, 1.82) is 0 Å². The predicted molar refractivity (Wildman–Crippen MR) is 104 cm³/mol. The molecule has 0 aliphatic carbocycles. The van der Waals surface area contributed by atoms with Gasteiger partial charge in [0.25, 0.3) is 0 Å². The highest BCUT2D eigenvalue weighted by Crippen LogP contribution is 2.23. The largest absolute Gasteiger partial charge is 0.367 e. The molecular formula is C20H22N6O. The summed E-state index contributed by atoms with van der Waals surface area (Å²) in [6.07, 6.45) is 3.79. The van der Waals surface area contributed by atoms with Crippen LogP contribution in [0, 0.1) is 5.92 Å². The molecule has 7 nitrogen and oxygen atoms in total. The van der Waals surface area contributed by atoms with Gasteiger partial charge in [0.1, 0.15) is 11.6 Å². The fraction of sp³-hybridized carbons (Fsp3) is 0.350. The average Bonchev–Trinajstić information content (AvgIpc) is 2.59. The lowest BCUT2D eigenvalue weighted by Crippen LogP contribution is -2.47. The summed E-state index contributed by atoms with van der Waals surface area (Å²) in [5.74, 6) is 1.08. The number of carbonyl (C=O) groups excluding carboxylic acids is 1. The van der Waals surface area contributed by atoms with Crippen molar-refractivity contribution in [3.05, 3.63) is 42.4 Å². The fourth-order valence-electron chi connectivity index (χ4n) is 3.04. The van der Waals surface area contributed by atoms with Gasteiger partial charge >= 0.3 is 0 Å². The Bertz CT molecular complexity index is 983. The minimum absolute atomic E-state index is 0.111. The molecular weight excluding hydrogens is 340 g/mol. The van der Waals surface area contributed by atoms with E-state index >= 15 is 0 Å². The number of benzene rings is 1. The summed E-state index contributed by atoms with van der Waals surface area (Å²) < 4.78 is 0. The summed E-state index contributed by atoms with van der Waals surface area (Å²) >= 11 is 0. The topological polar surface area (TPSA) is 92.7 Å². The number of rotatable bonds is 6. The molecule has 0 radical (unpaired) electrons. The number of ketones is 1. The van der Waals surface area contributed by atoms with E-state index in [9.17, 15) is 4.79 Å². The second-order valence-electron chi connectivity index (χ2n) is 7.20. The zero-order valence-corrected chi connectivity index (χ0v) is 15.4. The van der Waals surface area contributed by atoms with E-state index in [0.717, 1.165) is 41.1 Å². The minimum atomic E-state index is 0.111. The summed E-state index contributed by atoms with van der Waals surface area (Å²) in [5.41, 5.74) is 3.25. The lowest BCUT2D eigenvalue weighted by molar-refractivity contribution is -0.123. The highest BCUT2D eigenvalue weighted by Gasteiger charge is 2.25. The van der Waals surface area contributed by atoms with Gasteiger partial charge in [-0.2, -0.15) is 10.2 Å². The van der Waals surface area contributed by atoms with Crippen LogP contribution in [0.5, 0.6) is 0 Å². The zero-order valence-electron chi connectivity index (χ0n) is 15.4. The number of carbonyl (C=O) groups is 1.